The first kappa shape index (κ1) is 15.1. The Morgan fingerprint density at radius 2 is 1.90 bits per heavy atom. The molecule has 0 bridgehead atoms. The van der Waals surface area contributed by atoms with Crippen molar-refractivity contribution in [3.05, 3.63) is 24.3 Å². The summed E-state index contributed by atoms with van der Waals surface area (Å²) < 4.78 is 5.46. The molecule has 1 fully saturated rings. The fourth-order valence-corrected chi connectivity index (χ4v) is 2.98. The van der Waals surface area contributed by atoms with Gasteiger partial charge in [0.1, 0.15) is 5.75 Å². The van der Waals surface area contributed by atoms with E-state index in [1.54, 1.807) is 7.11 Å². The Balaban J connectivity index is 2.07. The lowest BCUT2D eigenvalue weighted by Crippen LogP contribution is -2.57. The molecule has 0 atom stereocenters. The number of benzene rings is 1. The third kappa shape index (κ3) is 3.44. The minimum atomic E-state index is 0.150. The number of methoxy groups -OCH3 is 1. The lowest BCUT2D eigenvalue weighted by atomic mass is 10.0. The van der Waals surface area contributed by atoms with Gasteiger partial charge in [0.05, 0.1) is 12.8 Å². The SMILES string of the molecule is COc1ccccc1N(C)CC(C)(C)N1CCNCC1. The third-order valence-corrected chi connectivity index (χ3v) is 4.09. The molecule has 2 rings (SSSR count). The van der Waals surface area contributed by atoms with E-state index in [1.807, 2.05) is 12.1 Å². The van der Waals surface area contributed by atoms with Crippen molar-refractivity contribution in [1.29, 1.82) is 0 Å². The topological polar surface area (TPSA) is 27.7 Å². The maximum atomic E-state index is 5.46. The lowest BCUT2D eigenvalue weighted by molar-refractivity contribution is 0.109. The molecule has 0 spiro atoms. The first-order chi connectivity index (χ1) is 9.54. The van der Waals surface area contributed by atoms with Crippen LogP contribution in [-0.4, -0.2) is 57.3 Å². The average molecular weight is 277 g/mol. The highest BCUT2D eigenvalue weighted by atomic mass is 16.5. The highest BCUT2D eigenvalue weighted by Crippen LogP contribution is 2.28. The van der Waals surface area contributed by atoms with E-state index in [9.17, 15) is 0 Å². The summed E-state index contributed by atoms with van der Waals surface area (Å²) in [6, 6.07) is 8.21. The molecule has 4 nitrogen and oxygen atoms in total. The van der Waals surface area contributed by atoms with Gasteiger partial charge < -0.3 is 15.0 Å². The van der Waals surface area contributed by atoms with Crippen LogP contribution in [0.15, 0.2) is 24.3 Å². The van der Waals surface area contributed by atoms with Crippen molar-refractivity contribution in [2.45, 2.75) is 19.4 Å². The molecule has 0 amide bonds. The highest BCUT2D eigenvalue weighted by Gasteiger charge is 2.29. The van der Waals surface area contributed by atoms with Crippen molar-refractivity contribution in [3.8, 4) is 5.75 Å². The summed E-state index contributed by atoms with van der Waals surface area (Å²) in [5, 5.41) is 3.41. The number of anilines is 1. The number of likely N-dealkylation sites (N-methyl/N-ethyl adjacent to an activating group) is 1. The van der Waals surface area contributed by atoms with Crippen LogP contribution in [0.5, 0.6) is 5.75 Å². The second kappa shape index (κ2) is 6.46. The van der Waals surface area contributed by atoms with E-state index in [2.05, 4.69) is 48.1 Å². The van der Waals surface area contributed by atoms with Crippen molar-refractivity contribution in [2.75, 3.05) is 51.8 Å². The Kier molecular flexibility index (Phi) is 4.89. The second-order valence-corrected chi connectivity index (χ2v) is 6.08. The van der Waals surface area contributed by atoms with Crippen LogP contribution in [0.2, 0.25) is 0 Å². The molecule has 0 aliphatic carbocycles. The molecule has 0 saturated carbocycles. The smallest absolute Gasteiger partial charge is 0.142 e. The van der Waals surface area contributed by atoms with Gasteiger partial charge in [-0.1, -0.05) is 12.1 Å². The van der Waals surface area contributed by atoms with Gasteiger partial charge in [0.25, 0.3) is 0 Å². The molecule has 0 unspecified atom stereocenters. The van der Waals surface area contributed by atoms with Gasteiger partial charge in [-0.05, 0) is 26.0 Å². The number of piperazine rings is 1. The molecule has 20 heavy (non-hydrogen) atoms. The number of nitrogens with zero attached hydrogens (tertiary/aromatic N) is 2. The first-order valence-electron chi connectivity index (χ1n) is 7.34. The fraction of sp³-hybridized carbons (Fsp3) is 0.625. The van der Waals surface area contributed by atoms with E-state index >= 15 is 0 Å². The van der Waals surface area contributed by atoms with E-state index in [0.29, 0.717) is 0 Å². The number of hydrogen-bond donors (Lipinski definition) is 1. The van der Waals surface area contributed by atoms with E-state index < -0.39 is 0 Å². The molecule has 0 aromatic heterocycles. The first-order valence-corrected chi connectivity index (χ1v) is 7.34. The van der Waals surface area contributed by atoms with E-state index in [-0.39, 0.29) is 5.54 Å². The molecule has 0 radical (unpaired) electrons. The number of para-hydroxylation sites is 2. The predicted octanol–water partition coefficient (Wildman–Crippen LogP) is 1.82. The van der Waals surface area contributed by atoms with Crippen molar-refractivity contribution in [2.24, 2.45) is 0 Å². The van der Waals surface area contributed by atoms with Gasteiger partial charge in [-0.3, -0.25) is 4.90 Å². The number of nitrogens with one attached hydrogen (secondary N) is 1. The normalized spacial score (nSPS) is 17.0. The maximum Gasteiger partial charge on any atom is 0.142 e. The molecule has 1 aromatic carbocycles. The Labute approximate surface area is 122 Å². The Morgan fingerprint density at radius 1 is 1.25 bits per heavy atom. The minimum Gasteiger partial charge on any atom is -0.495 e. The van der Waals surface area contributed by atoms with Gasteiger partial charge >= 0.3 is 0 Å². The van der Waals surface area contributed by atoms with Crippen LogP contribution in [0.25, 0.3) is 0 Å². The molecule has 1 aromatic rings. The number of ether oxygens (including phenoxy) is 1. The van der Waals surface area contributed by atoms with E-state index in [0.717, 1.165) is 44.2 Å². The summed E-state index contributed by atoms with van der Waals surface area (Å²) in [7, 11) is 3.87. The third-order valence-electron chi connectivity index (χ3n) is 4.09. The summed E-state index contributed by atoms with van der Waals surface area (Å²) in [5.74, 6) is 0.936. The molecule has 1 aliphatic rings. The van der Waals surface area contributed by atoms with E-state index in [1.165, 1.54) is 0 Å². The maximum absolute atomic E-state index is 5.46. The van der Waals surface area contributed by atoms with Crippen molar-refractivity contribution >= 4 is 5.69 Å². The summed E-state index contributed by atoms with van der Waals surface area (Å²) >= 11 is 0. The van der Waals surface area contributed by atoms with Crippen LogP contribution in [0.1, 0.15) is 13.8 Å². The molecular weight excluding hydrogens is 250 g/mol. The van der Waals surface area contributed by atoms with Crippen molar-refractivity contribution in [1.82, 2.24) is 10.2 Å². The zero-order valence-electron chi connectivity index (χ0n) is 13.1. The van der Waals surface area contributed by atoms with Gasteiger partial charge in [0, 0.05) is 45.3 Å². The highest BCUT2D eigenvalue weighted by molar-refractivity contribution is 5.58. The van der Waals surface area contributed by atoms with Crippen LogP contribution < -0.4 is 15.0 Å². The van der Waals surface area contributed by atoms with Gasteiger partial charge in [-0.25, -0.2) is 0 Å². The van der Waals surface area contributed by atoms with Crippen LogP contribution in [0.3, 0.4) is 0 Å². The molecule has 1 N–H and O–H groups in total. The fourth-order valence-electron chi connectivity index (χ4n) is 2.98. The largest absolute Gasteiger partial charge is 0.495 e. The van der Waals surface area contributed by atoms with Gasteiger partial charge in [-0.2, -0.15) is 0 Å². The predicted molar refractivity (Wildman–Crippen MR) is 84.8 cm³/mol. The van der Waals surface area contributed by atoms with Crippen molar-refractivity contribution in [3.63, 3.8) is 0 Å². The Hall–Kier alpha value is -1.26. The Bertz CT molecular complexity index is 427. The molecule has 1 aliphatic heterocycles. The summed E-state index contributed by atoms with van der Waals surface area (Å²) in [6.07, 6.45) is 0. The monoisotopic (exact) mass is 277 g/mol. The molecule has 112 valence electrons. The average Bonchev–Trinajstić information content (AvgIpc) is 2.47. The molecule has 1 heterocycles. The van der Waals surface area contributed by atoms with Crippen LogP contribution in [-0.2, 0) is 0 Å². The van der Waals surface area contributed by atoms with Gasteiger partial charge in [-0.15, -0.1) is 0 Å². The van der Waals surface area contributed by atoms with Crippen LogP contribution in [0.4, 0.5) is 5.69 Å². The summed E-state index contributed by atoms with van der Waals surface area (Å²) in [5.41, 5.74) is 1.30. The van der Waals surface area contributed by atoms with Crippen LogP contribution in [0, 0.1) is 0 Å². The number of hydrogen-bond acceptors (Lipinski definition) is 4. The Morgan fingerprint density at radius 3 is 2.55 bits per heavy atom. The van der Waals surface area contributed by atoms with Crippen molar-refractivity contribution < 1.29 is 4.74 Å². The van der Waals surface area contributed by atoms with Gasteiger partial charge in [0.15, 0.2) is 0 Å². The van der Waals surface area contributed by atoms with E-state index in [4.69, 9.17) is 4.74 Å². The summed E-state index contributed by atoms with van der Waals surface area (Å²) in [6.45, 7) is 10.0. The standard InChI is InChI=1S/C16H27N3O/c1-16(2,19-11-9-17-10-12-19)13-18(3)14-7-5-6-8-15(14)20-4/h5-8,17H,9-13H2,1-4H3. The number of rotatable bonds is 5. The quantitative estimate of drug-likeness (QED) is 0.888. The molecule has 1 saturated heterocycles. The second-order valence-electron chi connectivity index (χ2n) is 6.08. The zero-order valence-corrected chi connectivity index (χ0v) is 13.1. The molecular formula is C16H27N3O. The minimum absolute atomic E-state index is 0.150. The molecule has 4 heteroatoms. The lowest BCUT2D eigenvalue weighted by Gasteiger charge is -2.43. The zero-order chi connectivity index (χ0) is 14.6. The van der Waals surface area contributed by atoms with Crippen LogP contribution >= 0.6 is 0 Å². The van der Waals surface area contributed by atoms with Gasteiger partial charge in [0.2, 0.25) is 0 Å². The summed E-state index contributed by atoms with van der Waals surface area (Å²) in [4.78, 5) is 4.86.